The van der Waals surface area contributed by atoms with Gasteiger partial charge in [-0.1, -0.05) is 381 Å². The fourth-order valence-electron chi connectivity index (χ4n) is 12.6. The van der Waals surface area contributed by atoms with E-state index in [1.165, 1.54) is 250 Å². The highest BCUT2D eigenvalue weighted by Crippen LogP contribution is 2.45. The minimum Gasteiger partial charge on any atom is -0.462 e. The van der Waals surface area contributed by atoms with Gasteiger partial charge < -0.3 is 33.8 Å². The summed E-state index contributed by atoms with van der Waals surface area (Å²) in [7, 11) is -9.92. The second kappa shape index (κ2) is 73.9. The lowest BCUT2D eigenvalue weighted by molar-refractivity contribution is -0.161. The van der Waals surface area contributed by atoms with E-state index in [4.69, 9.17) is 37.0 Å². The van der Waals surface area contributed by atoms with Gasteiger partial charge in [0.2, 0.25) is 0 Å². The molecule has 0 amide bonds. The zero-order chi connectivity index (χ0) is 73.4. The Morgan fingerprint density at radius 1 is 0.270 bits per heavy atom. The average molecular weight is 1470 g/mol. The smallest absolute Gasteiger partial charge is 0.462 e. The van der Waals surface area contributed by atoms with E-state index in [1.807, 2.05) is 0 Å². The standard InChI is InChI=1S/C81H158O17P2/c1-6-9-12-15-18-21-24-27-29-31-33-35-37-40-42-45-48-54-59-64-78(83)91-70-76(97-80(85)67-62-57-50-47-44-41-38-36-34-32-30-28-25-22-19-16-13-10-7-2)72-95-99(87,88)93-68-75(82)69-94-100(89,90)96-73-77(71-92-79(84)65-60-55-52-51-53-58-63-74(4)5)98-81(86)66-61-56-49-46-43-39-26-23-20-17-14-11-8-3/h74-77,82H,6-73H2,1-5H3,(H,87,88)(H,89,90)/t75-,76-,77-/m1/s1. The largest absolute Gasteiger partial charge is 0.472 e. The van der Waals surface area contributed by atoms with Crippen molar-refractivity contribution in [3.8, 4) is 0 Å². The molecule has 0 radical (unpaired) electrons. The van der Waals surface area contributed by atoms with Crippen LogP contribution in [0.1, 0.15) is 433 Å². The van der Waals surface area contributed by atoms with Crippen molar-refractivity contribution < 1.29 is 80.2 Å². The second-order valence-corrected chi connectivity index (χ2v) is 32.5. The highest BCUT2D eigenvalue weighted by atomic mass is 31.2. The zero-order valence-corrected chi connectivity index (χ0v) is 67.1. The molecular weight excluding hydrogens is 1310 g/mol. The van der Waals surface area contributed by atoms with Crippen LogP contribution < -0.4 is 0 Å². The Morgan fingerprint density at radius 3 is 0.680 bits per heavy atom. The quantitative estimate of drug-likeness (QED) is 0.0222. The Labute approximate surface area is 613 Å². The van der Waals surface area contributed by atoms with Crippen LogP contribution in [0.2, 0.25) is 0 Å². The van der Waals surface area contributed by atoms with Gasteiger partial charge in [0.1, 0.15) is 19.3 Å². The molecule has 0 aromatic rings. The number of rotatable bonds is 81. The van der Waals surface area contributed by atoms with Crippen LogP contribution in [0.5, 0.6) is 0 Å². The van der Waals surface area contributed by atoms with Crippen molar-refractivity contribution in [3.63, 3.8) is 0 Å². The Kier molecular flexibility index (Phi) is 72.5. The molecule has 0 spiro atoms. The van der Waals surface area contributed by atoms with Crippen LogP contribution in [0, 0.1) is 5.92 Å². The molecule has 0 aliphatic heterocycles. The van der Waals surface area contributed by atoms with E-state index in [0.717, 1.165) is 96.3 Å². The summed E-state index contributed by atoms with van der Waals surface area (Å²) in [6, 6.07) is 0. The predicted octanol–water partition coefficient (Wildman–Crippen LogP) is 24.4. The van der Waals surface area contributed by atoms with Gasteiger partial charge in [0.05, 0.1) is 26.4 Å². The molecule has 594 valence electrons. The van der Waals surface area contributed by atoms with Gasteiger partial charge in [-0.2, -0.15) is 0 Å². The number of hydrogen-bond donors (Lipinski definition) is 3. The van der Waals surface area contributed by atoms with Gasteiger partial charge in [-0.05, 0) is 31.6 Å². The first-order valence-corrected chi connectivity index (χ1v) is 45.1. The Bertz CT molecular complexity index is 1910. The van der Waals surface area contributed by atoms with Crippen LogP contribution in [0.25, 0.3) is 0 Å². The summed E-state index contributed by atoms with van der Waals surface area (Å²) in [6.07, 6.45) is 65.4. The van der Waals surface area contributed by atoms with E-state index < -0.39 is 97.5 Å². The summed E-state index contributed by atoms with van der Waals surface area (Å²) in [5.41, 5.74) is 0. The number of aliphatic hydroxyl groups is 1. The third kappa shape index (κ3) is 74.3. The van der Waals surface area contributed by atoms with Crippen LogP contribution >= 0.6 is 15.6 Å². The van der Waals surface area contributed by atoms with Crippen molar-refractivity contribution in [3.05, 3.63) is 0 Å². The van der Waals surface area contributed by atoms with Gasteiger partial charge in [0.25, 0.3) is 0 Å². The van der Waals surface area contributed by atoms with Crippen molar-refractivity contribution >= 4 is 39.5 Å². The van der Waals surface area contributed by atoms with Crippen molar-refractivity contribution in [2.75, 3.05) is 39.6 Å². The van der Waals surface area contributed by atoms with Gasteiger partial charge in [-0.3, -0.25) is 37.3 Å². The monoisotopic (exact) mass is 1470 g/mol. The molecule has 0 fully saturated rings. The maximum Gasteiger partial charge on any atom is 0.472 e. The van der Waals surface area contributed by atoms with E-state index in [2.05, 4.69) is 34.6 Å². The van der Waals surface area contributed by atoms with Crippen molar-refractivity contribution in [1.82, 2.24) is 0 Å². The maximum atomic E-state index is 13.1. The molecule has 0 aliphatic rings. The van der Waals surface area contributed by atoms with Crippen LogP contribution in [-0.4, -0.2) is 96.7 Å². The third-order valence-electron chi connectivity index (χ3n) is 19.0. The fraction of sp³-hybridized carbons (Fsp3) is 0.951. The van der Waals surface area contributed by atoms with E-state index in [0.29, 0.717) is 31.6 Å². The SMILES string of the molecule is CCCCCCCCCCCCCCCCCCCCCC(=O)OC[C@H](COP(=O)(O)OC[C@@H](O)COP(=O)(O)OC[C@@H](COC(=O)CCCCCCCCC(C)C)OC(=O)CCCCCCCCCCCCCCC)OC(=O)CCCCCCCCCCCCCCCCCCCCC. The molecule has 3 N–H and O–H groups in total. The molecule has 5 atom stereocenters. The van der Waals surface area contributed by atoms with Gasteiger partial charge >= 0.3 is 39.5 Å². The fourth-order valence-corrected chi connectivity index (χ4v) is 14.2. The number of phosphoric ester groups is 2. The highest BCUT2D eigenvalue weighted by Gasteiger charge is 2.30. The summed E-state index contributed by atoms with van der Waals surface area (Å²) in [5, 5.41) is 10.6. The average Bonchev–Trinajstić information content (AvgIpc) is 0.926. The summed E-state index contributed by atoms with van der Waals surface area (Å²) in [6.45, 7) is 7.25. The number of hydrogen-bond acceptors (Lipinski definition) is 15. The molecule has 0 aromatic carbocycles. The number of carbonyl (C=O) groups excluding carboxylic acids is 4. The van der Waals surface area contributed by atoms with Crippen molar-refractivity contribution in [1.29, 1.82) is 0 Å². The minimum atomic E-state index is -4.96. The first-order chi connectivity index (χ1) is 48.5. The second-order valence-electron chi connectivity index (χ2n) is 29.6. The lowest BCUT2D eigenvalue weighted by Gasteiger charge is -2.21. The first kappa shape index (κ1) is 98.1. The van der Waals surface area contributed by atoms with E-state index in [9.17, 15) is 43.2 Å². The third-order valence-corrected chi connectivity index (χ3v) is 20.9. The molecule has 19 heteroatoms. The number of phosphoric acid groups is 2. The summed E-state index contributed by atoms with van der Waals surface area (Å²) >= 11 is 0. The van der Waals surface area contributed by atoms with Crippen molar-refractivity contribution in [2.24, 2.45) is 5.92 Å². The topological polar surface area (TPSA) is 237 Å². The summed E-state index contributed by atoms with van der Waals surface area (Å²) < 4.78 is 68.7. The van der Waals surface area contributed by atoms with Crippen LogP contribution in [0.3, 0.4) is 0 Å². The molecule has 0 heterocycles. The number of aliphatic hydroxyl groups excluding tert-OH is 1. The normalized spacial score (nSPS) is 13.8. The van der Waals surface area contributed by atoms with Crippen LogP contribution in [-0.2, 0) is 65.4 Å². The first-order valence-electron chi connectivity index (χ1n) is 42.1. The molecule has 2 unspecified atom stereocenters. The van der Waals surface area contributed by atoms with Crippen LogP contribution in [0.15, 0.2) is 0 Å². The highest BCUT2D eigenvalue weighted by molar-refractivity contribution is 7.47. The number of ether oxygens (including phenoxy) is 4. The summed E-state index contributed by atoms with van der Waals surface area (Å²) in [4.78, 5) is 73.0. The number of esters is 4. The molecule has 0 saturated heterocycles. The van der Waals surface area contributed by atoms with Gasteiger partial charge in [0, 0.05) is 25.7 Å². The molecule has 17 nitrogen and oxygen atoms in total. The maximum absolute atomic E-state index is 13.1. The molecule has 0 bridgehead atoms. The molecule has 100 heavy (non-hydrogen) atoms. The Balaban J connectivity index is 5.21. The van der Waals surface area contributed by atoms with Crippen molar-refractivity contribution in [2.45, 2.75) is 451 Å². The molecular formula is C81H158O17P2. The van der Waals surface area contributed by atoms with E-state index >= 15 is 0 Å². The predicted molar refractivity (Wildman–Crippen MR) is 409 cm³/mol. The molecule has 0 saturated carbocycles. The Hall–Kier alpha value is -1.94. The lowest BCUT2D eigenvalue weighted by atomic mass is 10.0. The number of carbonyl (C=O) groups is 4. The van der Waals surface area contributed by atoms with Gasteiger partial charge in [-0.15, -0.1) is 0 Å². The van der Waals surface area contributed by atoms with E-state index in [-0.39, 0.29) is 25.7 Å². The molecule has 0 rings (SSSR count). The summed E-state index contributed by atoms with van der Waals surface area (Å²) in [5.74, 6) is -1.43. The van der Waals surface area contributed by atoms with Gasteiger partial charge in [0.15, 0.2) is 12.2 Å². The number of unbranched alkanes of at least 4 members (excludes halogenated alkanes) is 53. The zero-order valence-electron chi connectivity index (χ0n) is 65.3. The molecule has 0 aliphatic carbocycles. The Morgan fingerprint density at radius 2 is 0.460 bits per heavy atom. The van der Waals surface area contributed by atoms with Crippen LogP contribution in [0.4, 0.5) is 0 Å². The van der Waals surface area contributed by atoms with Gasteiger partial charge in [-0.25, -0.2) is 9.13 Å². The lowest BCUT2D eigenvalue weighted by Crippen LogP contribution is -2.30. The van der Waals surface area contributed by atoms with E-state index in [1.54, 1.807) is 0 Å². The minimum absolute atomic E-state index is 0.107. The molecule has 0 aromatic heterocycles.